The van der Waals surface area contributed by atoms with E-state index in [2.05, 4.69) is 4.98 Å². The molecule has 2 atom stereocenters. The summed E-state index contributed by atoms with van der Waals surface area (Å²) in [4.78, 5) is 32.4. The van der Waals surface area contributed by atoms with Gasteiger partial charge in [-0.2, -0.15) is 0 Å². The molecule has 0 spiro atoms. The lowest BCUT2D eigenvalue weighted by atomic mass is 10.1. The van der Waals surface area contributed by atoms with E-state index in [0.717, 1.165) is 24.8 Å². The Bertz CT molecular complexity index is 570. The van der Waals surface area contributed by atoms with Crippen molar-refractivity contribution in [3.8, 4) is 0 Å². The van der Waals surface area contributed by atoms with Gasteiger partial charge >= 0.3 is 0 Å². The molecule has 5 nitrogen and oxygen atoms in total. The van der Waals surface area contributed by atoms with Gasteiger partial charge in [0.1, 0.15) is 0 Å². The van der Waals surface area contributed by atoms with Gasteiger partial charge in [0.05, 0.1) is 6.67 Å². The van der Waals surface area contributed by atoms with Gasteiger partial charge in [-0.15, -0.1) is 0 Å². The maximum atomic E-state index is 12.5. The van der Waals surface area contributed by atoms with E-state index in [9.17, 15) is 9.59 Å². The van der Waals surface area contributed by atoms with Crippen LogP contribution in [0.15, 0.2) is 24.5 Å². The van der Waals surface area contributed by atoms with Gasteiger partial charge in [-0.1, -0.05) is 6.07 Å². The number of carbonyl (C=O) groups excluding carboxylic acids is 2. The summed E-state index contributed by atoms with van der Waals surface area (Å²) in [5.41, 5.74) is 1.15. The normalized spacial score (nSPS) is 27.8. The van der Waals surface area contributed by atoms with Gasteiger partial charge in [0.25, 0.3) is 0 Å². The Morgan fingerprint density at radius 2 is 1.90 bits per heavy atom. The van der Waals surface area contributed by atoms with Crippen molar-refractivity contribution >= 4 is 11.8 Å². The molecule has 21 heavy (non-hydrogen) atoms. The van der Waals surface area contributed by atoms with Crippen LogP contribution in [-0.2, 0) is 9.59 Å². The van der Waals surface area contributed by atoms with Crippen LogP contribution in [0.3, 0.4) is 0 Å². The molecule has 0 bridgehead atoms. The Balaban J connectivity index is 1.35. The van der Waals surface area contributed by atoms with E-state index in [0.29, 0.717) is 25.7 Å². The summed E-state index contributed by atoms with van der Waals surface area (Å²) in [6, 6.07) is 3.96. The van der Waals surface area contributed by atoms with Crippen molar-refractivity contribution in [2.45, 2.75) is 25.2 Å². The van der Waals surface area contributed by atoms with Crippen LogP contribution >= 0.6 is 0 Å². The van der Waals surface area contributed by atoms with Crippen molar-refractivity contribution in [1.82, 2.24) is 14.8 Å². The Labute approximate surface area is 123 Å². The molecule has 2 amide bonds. The molecule has 3 fully saturated rings. The zero-order chi connectivity index (χ0) is 14.4. The third-order valence-corrected chi connectivity index (χ3v) is 4.75. The highest BCUT2D eigenvalue weighted by Crippen LogP contribution is 2.48. The van der Waals surface area contributed by atoms with Crippen molar-refractivity contribution < 1.29 is 9.59 Å². The van der Waals surface area contributed by atoms with Gasteiger partial charge in [-0.25, -0.2) is 0 Å². The van der Waals surface area contributed by atoms with Crippen LogP contribution in [-0.4, -0.2) is 46.4 Å². The average Bonchev–Trinajstić information content (AvgIpc) is 3.43. The van der Waals surface area contributed by atoms with Crippen LogP contribution in [0.25, 0.3) is 0 Å². The van der Waals surface area contributed by atoms with E-state index in [1.54, 1.807) is 6.20 Å². The number of aromatic nitrogens is 1. The summed E-state index contributed by atoms with van der Waals surface area (Å²) >= 11 is 0. The van der Waals surface area contributed by atoms with Crippen LogP contribution < -0.4 is 0 Å². The Hall–Kier alpha value is -1.91. The fourth-order valence-corrected chi connectivity index (χ4v) is 3.20. The van der Waals surface area contributed by atoms with Gasteiger partial charge in [0, 0.05) is 37.3 Å². The largest absolute Gasteiger partial charge is 0.323 e. The first-order chi connectivity index (χ1) is 10.2. The summed E-state index contributed by atoms with van der Waals surface area (Å²) in [6.07, 6.45) is 6.57. The molecule has 2 heterocycles. The molecule has 0 N–H and O–H groups in total. The third kappa shape index (κ3) is 2.41. The second-order valence-electron chi connectivity index (χ2n) is 6.35. The summed E-state index contributed by atoms with van der Waals surface area (Å²) in [7, 11) is 0. The number of nitrogens with zero attached hydrogens (tertiary/aromatic N) is 3. The molecule has 1 aromatic heterocycles. The van der Waals surface area contributed by atoms with E-state index < -0.39 is 0 Å². The smallest absolute Gasteiger partial charge is 0.227 e. The molecule has 1 aliphatic heterocycles. The van der Waals surface area contributed by atoms with E-state index in [1.165, 1.54) is 0 Å². The number of rotatable bonds is 3. The van der Waals surface area contributed by atoms with E-state index in [-0.39, 0.29) is 23.7 Å². The molecule has 2 saturated carbocycles. The minimum Gasteiger partial charge on any atom is -0.323 e. The SMILES string of the molecule is O=C(C1CC1)N1CCN(C(=O)[C@@H]2C[C@H]2c2cccnc2)C1. The highest BCUT2D eigenvalue weighted by molar-refractivity contribution is 5.85. The topological polar surface area (TPSA) is 53.5 Å². The number of hydrogen-bond acceptors (Lipinski definition) is 3. The lowest BCUT2D eigenvalue weighted by Gasteiger charge is -2.18. The first-order valence-corrected chi connectivity index (χ1v) is 7.71. The molecule has 0 radical (unpaired) electrons. The predicted molar refractivity (Wildman–Crippen MR) is 76.1 cm³/mol. The quantitative estimate of drug-likeness (QED) is 0.839. The third-order valence-electron chi connectivity index (χ3n) is 4.75. The summed E-state index contributed by atoms with van der Waals surface area (Å²) in [5, 5.41) is 0. The monoisotopic (exact) mass is 285 g/mol. The number of amides is 2. The maximum Gasteiger partial charge on any atom is 0.227 e. The van der Waals surface area contributed by atoms with Gasteiger partial charge in [-0.3, -0.25) is 14.6 Å². The van der Waals surface area contributed by atoms with E-state index in [4.69, 9.17) is 0 Å². The molecular formula is C16H19N3O2. The van der Waals surface area contributed by atoms with Crippen molar-refractivity contribution in [1.29, 1.82) is 0 Å². The lowest BCUT2D eigenvalue weighted by Crippen LogP contribution is -2.35. The first kappa shape index (κ1) is 12.8. The fourth-order valence-electron chi connectivity index (χ4n) is 3.20. The number of pyridine rings is 1. The lowest BCUT2D eigenvalue weighted by molar-refractivity contribution is -0.135. The Morgan fingerprint density at radius 1 is 1.14 bits per heavy atom. The highest BCUT2D eigenvalue weighted by Gasteiger charge is 2.47. The minimum atomic E-state index is 0.0881. The highest BCUT2D eigenvalue weighted by atomic mass is 16.2. The number of carbonyl (C=O) groups is 2. The van der Waals surface area contributed by atoms with Crippen molar-refractivity contribution in [3.63, 3.8) is 0 Å². The van der Waals surface area contributed by atoms with Gasteiger partial charge < -0.3 is 9.80 Å². The van der Waals surface area contributed by atoms with Crippen molar-refractivity contribution in [2.75, 3.05) is 19.8 Å². The molecule has 3 aliphatic rings. The summed E-state index contributed by atoms with van der Waals surface area (Å²) in [5.74, 6) is 1.09. The number of hydrogen-bond donors (Lipinski definition) is 0. The summed E-state index contributed by atoms with van der Waals surface area (Å²) in [6.45, 7) is 1.88. The Morgan fingerprint density at radius 3 is 2.57 bits per heavy atom. The van der Waals surface area contributed by atoms with Crippen LogP contribution in [0.5, 0.6) is 0 Å². The zero-order valence-electron chi connectivity index (χ0n) is 11.9. The zero-order valence-corrected chi connectivity index (χ0v) is 11.9. The molecule has 1 saturated heterocycles. The average molecular weight is 285 g/mol. The molecule has 1 aromatic rings. The molecule has 0 unspecified atom stereocenters. The molecular weight excluding hydrogens is 266 g/mol. The van der Waals surface area contributed by atoms with Crippen LogP contribution in [0, 0.1) is 11.8 Å². The molecule has 2 aliphatic carbocycles. The van der Waals surface area contributed by atoms with Gasteiger partial charge in [-0.05, 0) is 36.8 Å². The van der Waals surface area contributed by atoms with E-state index in [1.807, 2.05) is 28.1 Å². The summed E-state index contributed by atoms with van der Waals surface area (Å²) < 4.78 is 0. The standard InChI is InChI=1S/C16H19N3O2/c20-15(11-3-4-11)18-6-7-19(10-18)16(21)14-8-13(14)12-2-1-5-17-9-12/h1-2,5,9,11,13-14H,3-4,6-8,10H2/t13-,14+/m0/s1. The minimum absolute atomic E-state index is 0.0881. The predicted octanol–water partition coefficient (Wildman–Crippen LogP) is 1.22. The second kappa shape index (κ2) is 4.83. The molecule has 0 aromatic carbocycles. The Kier molecular flexibility index (Phi) is 2.94. The van der Waals surface area contributed by atoms with Gasteiger partial charge in [0.2, 0.25) is 11.8 Å². The molecule has 4 rings (SSSR count). The second-order valence-corrected chi connectivity index (χ2v) is 6.35. The van der Waals surface area contributed by atoms with Crippen LogP contribution in [0.1, 0.15) is 30.7 Å². The molecule has 5 heteroatoms. The van der Waals surface area contributed by atoms with Crippen molar-refractivity contribution in [3.05, 3.63) is 30.1 Å². The fraction of sp³-hybridized carbons (Fsp3) is 0.562. The van der Waals surface area contributed by atoms with Crippen LogP contribution in [0.2, 0.25) is 0 Å². The first-order valence-electron chi connectivity index (χ1n) is 7.71. The van der Waals surface area contributed by atoms with Crippen LogP contribution in [0.4, 0.5) is 0 Å². The van der Waals surface area contributed by atoms with Crippen molar-refractivity contribution in [2.24, 2.45) is 11.8 Å². The van der Waals surface area contributed by atoms with E-state index >= 15 is 0 Å². The molecule has 110 valence electrons. The van der Waals surface area contributed by atoms with Gasteiger partial charge in [0.15, 0.2) is 0 Å². The maximum absolute atomic E-state index is 12.5.